The molecule has 1 amide bonds. The molecular formula is C15H14N2O4. The van der Waals surface area contributed by atoms with E-state index in [2.05, 4.69) is 10.5 Å². The Morgan fingerprint density at radius 3 is 2.90 bits per heavy atom. The molecule has 0 bridgehead atoms. The van der Waals surface area contributed by atoms with Crippen molar-refractivity contribution in [2.24, 2.45) is 0 Å². The molecule has 108 valence electrons. The molecule has 0 saturated heterocycles. The van der Waals surface area contributed by atoms with Crippen molar-refractivity contribution in [2.75, 3.05) is 18.5 Å². The highest BCUT2D eigenvalue weighted by Gasteiger charge is 2.30. The number of hydrogen-bond donors (Lipinski definition) is 1. The monoisotopic (exact) mass is 286 g/mol. The fourth-order valence-electron chi connectivity index (χ4n) is 2.83. The second-order valence-corrected chi connectivity index (χ2v) is 5.19. The normalized spacial score (nSPS) is 15.1. The molecule has 0 unspecified atom stereocenters. The van der Waals surface area contributed by atoms with Gasteiger partial charge in [0, 0.05) is 30.0 Å². The molecule has 6 nitrogen and oxygen atoms in total. The molecule has 0 spiro atoms. The van der Waals surface area contributed by atoms with Gasteiger partial charge in [0.15, 0.2) is 5.82 Å². The highest BCUT2D eigenvalue weighted by molar-refractivity contribution is 6.08. The van der Waals surface area contributed by atoms with Crippen molar-refractivity contribution in [3.05, 3.63) is 34.6 Å². The average molecular weight is 286 g/mol. The molecule has 1 aromatic heterocycles. The SMILES string of the molecule is Cc1cc(NC(=O)c2c3c(cc4c2OCC4)OCC3)no1. The Morgan fingerprint density at radius 2 is 2.10 bits per heavy atom. The molecule has 2 aromatic rings. The minimum absolute atomic E-state index is 0.233. The lowest BCUT2D eigenvalue weighted by Crippen LogP contribution is -2.15. The van der Waals surface area contributed by atoms with Crippen LogP contribution in [0.5, 0.6) is 11.5 Å². The second-order valence-electron chi connectivity index (χ2n) is 5.19. The molecule has 21 heavy (non-hydrogen) atoms. The van der Waals surface area contributed by atoms with Gasteiger partial charge in [-0.3, -0.25) is 4.79 Å². The van der Waals surface area contributed by atoms with E-state index in [1.54, 1.807) is 13.0 Å². The Labute approximate surface area is 121 Å². The Balaban J connectivity index is 1.75. The topological polar surface area (TPSA) is 73.6 Å². The number of amides is 1. The molecule has 3 heterocycles. The van der Waals surface area contributed by atoms with E-state index in [0.717, 1.165) is 23.3 Å². The van der Waals surface area contributed by atoms with Crippen LogP contribution in [0.25, 0.3) is 0 Å². The number of ether oxygens (including phenoxy) is 2. The van der Waals surface area contributed by atoms with E-state index in [4.69, 9.17) is 14.0 Å². The van der Waals surface area contributed by atoms with E-state index in [1.165, 1.54) is 0 Å². The van der Waals surface area contributed by atoms with Crippen LogP contribution in [0.4, 0.5) is 5.82 Å². The summed E-state index contributed by atoms with van der Waals surface area (Å²) < 4.78 is 16.2. The molecular weight excluding hydrogens is 272 g/mol. The van der Waals surface area contributed by atoms with Crippen LogP contribution >= 0.6 is 0 Å². The van der Waals surface area contributed by atoms with Crippen LogP contribution in [0.15, 0.2) is 16.7 Å². The van der Waals surface area contributed by atoms with Gasteiger partial charge in [-0.1, -0.05) is 5.16 Å². The molecule has 0 atom stereocenters. The van der Waals surface area contributed by atoms with E-state index < -0.39 is 0 Å². The molecule has 0 aliphatic carbocycles. The third kappa shape index (κ3) is 1.94. The van der Waals surface area contributed by atoms with Crippen LogP contribution in [0.2, 0.25) is 0 Å². The number of rotatable bonds is 2. The maximum atomic E-state index is 12.6. The van der Waals surface area contributed by atoms with Gasteiger partial charge in [-0.25, -0.2) is 0 Å². The highest BCUT2D eigenvalue weighted by Crippen LogP contribution is 2.40. The fraction of sp³-hybridized carbons (Fsp3) is 0.333. The lowest BCUT2D eigenvalue weighted by Gasteiger charge is -2.11. The van der Waals surface area contributed by atoms with E-state index in [1.807, 2.05) is 6.07 Å². The summed E-state index contributed by atoms with van der Waals surface area (Å²) >= 11 is 0. The van der Waals surface area contributed by atoms with Gasteiger partial charge in [0.1, 0.15) is 17.3 Å². The number of carbonyl (C=O) groups is 1. The zero-order valence-electron chi connectivity index (χ0n) is 11.6. The predicted octanol–water partition coefficient (Wildman–Crippen LogP) is 2.11. The molecule has 1 aromatic carbocycles. The van der Waals surface area contributed by atoms with Crippen molar-refractivity contribution in [1.82, 2.24) is 5.16 Å². The number of nitrogens with zero attached hydrogens (tertiary/aromatic N) is 1. The third-order valence-corrected chi connectivity index (χ3v) is 3.75. The van der Waals surface area contributed by atoms with Gasteiger partial charge < -0.3 is 19.3 Å². The standard InChI is InChI=1S/C15H14N2O4/c1-8-6-12(17-21-8)16-15(18)13-10-3-5-19-11(10)7-9-2-4-20-14(9)13/h6-7H,2-5H2,1H3,(H,16,17,18). The Bertz CT molecular complexity index is 703. The summed E-state index contributed by atoms with van der Waals surface area (Å²) in [6.07, 6.45) is 1.52. The number of fused-ring (bicyclic) bond motifs is 2. The van der Waals surface area contributed by atoms with Gasteiger partial charge in [0.05, 0.1) is 18.8 Å². The fourth-order valence-corrected chi connectivity index (χ4v) is 2.83. The molecule has 0 fully saturated rings. The quantitative estimate of drug-likeness (QED) is 0.915. The lowest BCUT2D eigenvalue weighted by molar-refractivity contribution is 0.102. The summed E-state index contributed by atoms with van der Waals surface area (Å²) in [6, 6.07) is 3.67. The Hall–Kier alpha value is -2.50. The van der Waals surface area contributed by atoms with Crippen molar-refractivity contribution >= 4 is 11.7 Å². The summed E-state index contributed by atoms with van der Waals surface area (Å²) in [5.74, 6) is 2.29. The smallest absolute Gasteiger partial charge is 0.261 e. The van der Waals surface area contributed by atoms with Crippen molar-refractivity contribution in [3.63, 3.8) is 0 Å². The summed E-state index contributed by atoms with van der Waals surface area (Å²) in [4.78, 5) is 12.6. The van der Waals surface area contributed by atoms with Gasteiger partial charge in [0.25, 0.3) is 5.91 Å². The summed E-state index contributed by atoms with van der Waals surface area (Å²) in [5, 5.41) is 6.55. The number of aromatic nitrogens is 1. The van der Waals surface area contributed by atoms with Crippen LogP contribution in [0.3, 0.4) is 0 Å². The minimum atomic E-state index is -0.233. The van der Waals surface area contributed by atoms with Crippen LogP contribution in [-0.2, 0) is 12.8 Å². The predicted molar refractivity (Wildman–Crippen MR) is 74.0 cm³/mol. The molecule has 1 N–H and O–H groups in total. The first-order valence-electron chi connectivity index (χ1n) is 6.91. The summed E-state index contributed by atoms with van der Waals surface area (Å²) in [6.45, 7) is 2.97. The van der Waals surface area contributed by atoms with E-state index in [-0.39, 0.29) is 5.91 Å². The Morgan fingerprint density at radius 1 is 1.24 bits per heavy atom. The number of hydrogen-bond acceptors (Lipinski definition) is 5. The Kier molecular flexibility index (Phi) is 2.63. The van der Waals surface area contributed by atoms with Gasteiger partial charge in [-0.2, -0.15) is 0 Å². The average Bonchev–Trinajstić information content (AvgIpc) is 3.16. The maximum Gasteiger partial charge on any atom is 0.261 e. The van der Waals surface area contributed by atoms with Crippen LogP contribution in [-0.4, -0.2) is 24.3 Å². The van der Waals surface area contributed by atoms with Gasteiger partial charge in [-0.15, -0.1) is 0 Å². The first kappa shape index (κ1) is 12.3. The zero-order valence-corrected chi connectivity index (χ0v) is 11.6. The summed E-state index contributed by atoms with van der Waals surface area (Å²) in [7, 11) is 0. The molecule has 0 radical (unpaired) electrons. The first-order valence-corrected chi connectivity index (χ1v) is 6.91. The lowest BCUT2D eigenvalue weighted by atomic mass is 9.99. The van der Waals surface area contributed by atoms with Crippen molar-refractivity contribution in [1.29, 1.82) is 0 Å². The van der Waals surface area contributed by atoms with Crippen LogP contribution in [0, 0.1) is 6.92 Å². The van der Waals surface area contributed by atoms with Gasteiger partial charge in [0.2, 0.25) is 0 Å². The number of carbonyl (C=O) groups excluding carboxylic acids is 1. The second kappa shape index (κ2) is 4.51. The maximum absolute atomic E-state index is 12.6. The highest BCUT2D eigenvalue weighted by atomic mass is 16.5. The molecule has 0 saturated carbocycles. The van der Waals surface area contributed by atoms with Crippen molar-refractivity contribution in [2.45, 2.75) is 19.8 Å². The number of anilines is 1. The zero-order chi connectivity index (χ0) is 14.4. The molecule has 2 aliphatic rings. The van der Waals surface area contributed by atoms with Crippen molar-refractivity contribution in [3.8, 4) is 11.5 Å². The third-order valence-electron chi connectivity index (χ3n) is 3.75. The largest absolute Gasteiger partial charge is 0.493 e. The van der Waals surface area contributed by atoms with Crippen LogP contribution in [0.1, 0.15) is 27.2 Å². The molecule has 6 heteroatoms. The van der Waals surface area contributed by atoms with Gasteiger partial charge in [-0.05, 0) is 13.0 Å². The molecule has 2 aliphatic heterocycles. The van der Waals surface area contributed by atoms with E-state index in [9.17, 15) is 4.79 Å². The van der Waals surface area contributed by atoms with E-state index in [0.29, 0.717) is 42.5 Å². The number of aryl methyl sites for hydroxylation is 1. The minimum Gasteiger partial charge on any atom is -0.493 e. The molecule has 4 rings (SSSR count). The van der Waals surface area contributed by atoms with E-state index >= 15 is 0 Å². The number of benzene rings is 1. The van der Waals surface area contributed by atoms with Crippen LogP contribution < -0.4 is 14.8 Å². The summed E-state index contributed by atoms with van der Waals surface area (Å²) in [5.41, 5.74) is 2.50. The van der Waals surface area contributed by atoms with Gasteiger partial charge >= 0.3 is 0 Å². The number of nitrogens with one attached hydrogen (secondary N) is 1. The van der Waals surface area contributed by atoms with Crippen molar-refractivity contribution < 1.29 is 18.8 Å². The first-order chi connectivity index (χ1) is 10.2.